The first-order chi connectivity index (χ1) is 23.8. The smallest absolute Gasteiger partial charge is 0.338 e. The second kappa shape index (κ2) is 17.8. The Labute approximate surface area is 295 Å². The molecule has 4 nitrogen and oxygen atoms in total. The number of hydrogen-bond acceptors (Lipinski definition) is 3. The quantitative estimate of drug-likeness (QED) is 0.0844. The number of hydrogen-bond donors (Lipinski definition) is 1. The molecular weight excluding hydrogens is 621 g/mol. The Kier molecular flexibility index (Phi) is 13.2. The maximum atomic E-state index is 13.0. The molecule has 1 fully saturated rings. The van der Waals surface area contributed by atoms with E-state index in [9.17, 15) is 9.59 Å². The maximum Gasteiger partial charge on any atom is 0.338 e. The predicted octanol–water partition coefficient (Wildman–Crippen LogP) is 10.4. The van der Waals surface area contributed by atoms with Crippen LogP contribution >= 0.6 is 7.92 Å². The first-order valence-electron chi connectivity index (χ1n) is 18.3. The molecule has 5 rings (SSSR count). The van der Waals surface area contributed by atoms with E-state index in [1.807, 2.05) is 0 Å². The van der Waals surface area contributed by atoms with Crippen molar-refractivity contribution in [3.63, 3.8) is 0 Å². The van der Waals surface area contributed by atoms with Gasteiger partial charge in [0.1, 0.15) is 0 Å². The van der Waals surface area contributed by atoms with Gasteiger partial charge in [0, 0.05) is 17.5 Å². The Morgan fingerprint density at radius 1 is 0.796 bits per heavy atom. The fourth-order valence-electron chi connectivity index (χ4n) is 7.26. The lowest BCUT2D eigenvalue weighted by Crippen LogP contribution is -2.19. The van der Waals surface area contributed by atoms with Crippen LogP contribution < -0.4 is 15.9 Å². The minimum Gasteiger partial charge on any atom is -0.461 e. The van der Waals surface area contributed by atoms with Crippen molar-refractivity contribution in [3.05, 3.63) is 126 Å². The van der Waals surface area contributed by atoms with Crippen molar-refractivity contribution in [1.82, 2.24) is 0 Å². The Morgan fingerprint density at radius 3 is 1.96 bits per heavy atom. The number of carbonyl (C=O) groups is 2. The highest BCUT2D eigenvalue weighted by Gasteiger charge is 2.55. The van der Waals surface area contributed by atoms with E-state index >= 15 is 0 Å². The predicted molar refractivity (Wildman–Crippen MR) is 206 cm³/mol. The van der Waals surface area contributed by atoms with E-state index in [4.69, 9.17) is 4.74 Å². The summed E-state index contributed by atoms with van der Waals surface area (Å²) in [5.74, 6) is 2.07. The summed E-state index contributed by atoms with van der Waals surface area (Å²) in [4.78, 5) is 26.0. The van der Waals surface area contributed by atoms with E-state index in [0.717, 1.165) is 37.8 Å². The normalized spacial score (nSPS) is 18.2. The fourth-order valence-corrected chi connectivity index (χ4v) is 9.87. The molecule has 0 spiro atoms. The van der Waals surface area contributed by atoms with Crippen LogP contribution in [0.3, 0.4) is 0 Å². The van der Waals surface area contributed by atoms with E-state index < -0.39 is 7.92 Å². The van der Waals surface area contributed by atoms with Crippen molar-refractivity contribution >= 4 is 36.1 Å². The van der Waals surface area contributed by atoms with Crippen LogP contribution in [-0.2, 0) is 9.53 Å². The lowest BCUT2D eigenvalue weighted by atomic mass is 9.89. The second-order valence-electron chi connectivity index (χ2n) is 14.5. The van der Waals surface area contributed by atoms with Crippen molar-refractivity contribution in [2.45, 2.75) is 78.6 Å². The third-order valence-corrected chi connectivity index (χ3v) is 13.2. The molecule has 0 aliphatic heterocycles. The third-order valence-electron chi connectivity index (χ3n) is 10.5. The molecule has 1 N–H and O–H groups in total. The standard InChI is InChI=1S/C44H54NO3P/c1-5-44(30-41(44)34(4)25-24-33(2)3)32-48-43(47)36-26-28-38(29-27-36)45-42(46)23-15-18-37(35-16-9-6-10-17-35)31-49(39-19-11-7-12-20-39)40-21-13-8-14-22-40/h6-14,16-17,19-22,26-29,33-34,37,41H,5,15,18,23-25,30-32H2,1-4H3,(H,45,46)/t34-,37?,41?,44+/m0/s1. The summed E-state index contributed by atoms with van der Waals surface area (Å²) in [7, 11) is -0.549. The summed E-state index contributed by atoms with van der Waals surface area (Å²) in [6, 6.07) is 39.5. The Bertz CT molecular complexity index is 1550. The zero-order valence-corrected chi connectivity index (χ0v) is 30.7. The summed E-state index contributed by atoms with van der Waals surface area (Å²) in [5, 5.41) is 5.80. The molecule has 0 bridgehead atoms. The number of anilines is 1. The van der Waals surface area contributed by atoms with Gasteiger partial charge in [-0.05, 0) is 104 Å². The molecule has 1 amide bonds. The Balaban J connectivity index is 1.13. The molecule has 49 heavy (non-hydrogen) atoms. The molecule has 0 aromatic heterocycles. The van der Waals surface area contributed by atoms with Crippen LogP contribution in [0, 0.1) is 23.2 Å². The van der Waals surface area contributed by atoms with Crippen LogP contribution in [-0.4, -0.2) is 24.6 Å². The number of esters is 1. The number of rotatable bonds is 18. The van der Waals surface area contributed by atoms with Crippen molar-refractivity contribution in [3.8, 4) is 0 Å². The molecule has 4 aromatic carbocycles. The average molecular weight is 676 g/mol. The van der Waals surface area contributed by atoms with Crippen LogP contribution in [0.2, 0.25) is 0 Å². The molecule has 5 heteroatoms. The topological polar surface area (TPSA) is 55.4 Å². The molecule has 0 radical (unpaired) electrons. The largest absolute Gasteiger partial charge is 0.461 e. The number of ether oxygens (including phenoxy) is 1. The summed E-state index contributed by atoms with van der Waals surface area (Å²) in [6.45, 7) is 9.62. The summed E-state index contributed by atoms with van der Waals surface area (Å²) < 4.78 is 5.84. The Morgan fingerprint density at radius 2 is 1.39 bits per heavy atom. The summed E-state index contributed by atoms with van der Waals surface area (Å²) in [6.07, 6.45) is 7.86. The molecule has 1 saturated carbocycles. The van der Waals surface area contributed by atoms with Gasteiger partial charge in [0.25, 0.3) is 0 Å². The van der Waals surface area contributed by atoms with Gasteiger partial charge in [-0.15, -0.1) is 0 Å². The van der Waals surface area contributed by atoms with Crippen molar-refractivity contribution < 1.29 is 14.3 Å². The molecule has 1 aliphatic rings. The highest BCUT2D eigenvalue weighted by molar-refractivity contribution is 7.73. The average Bonchev–Trinajstić information content (AvgIpc) is 3.87. The van der Waals surface area contributed by atoms with Gasteiger partial charge < -0.3 is 10.1 Å². The minimum absolute atomic E-state index is 0.00762. The SMILES string of the molecule is CC[C@]1(COC(=O)c2ccc(NC(=O)CCCC(CP(c3ccccc3)c3ccccc3)c3ccccc3)cc2)CC1[C@@H](C)CCC(C)C. The number of carbonyl (C=O) groups excluding carboxylic acids is 2. The van der Waals surface area contributed by atoms with Crippen LogP contribution in [0.4, 0.5) is 5.69 Å². The molecule has 0 heterocycles. The monoisotopic (exact) mass is 675 g/mol. The van der Waals surface area contributed by atoms with Crippen molar-refractivity contribution in [2.24, 2.45) is 23.2 Å². The highest BCUT2D eigenvalue weighted by Crippen LogP contribution is 2.60. The van der Waals surface area contributed by atoms with Crippen LogP contribution in [0.1, 0.15) is 94.5 Å². The molecule has 2 unspecified atom stereocenters. The number of nitrogens with one attached hydrogen (secondary N) is 1. The third kappa shape index (κ3) is 10.4. The molecule has 258 valence electrons. The van der Waals surface area contributed by atoms with E-state index in [2.05, 4.69) is 124 Å². The zero-order chi connectivity index (χ0) is 34.6. The van der Waals surface area contributed by atoms with Crippen LogP contribution in [0.25, 0.3) is 0 Å². The maximum absolute atomic E-state index is 13.0. The number of amides is 1. The van der Waals surface area contributed by atoms with Gasteiger partial charge in [-0.1, -0.05) is 132 Å². The zero-order valence-electron chi connectivity index (χ0n) is 29.8. The van der Waals surface area contributed by atoms with Crippen LogP contribution in [0.15, 0.2) is 115 Å². The second-order valence-corrected chi connectivity index (χ2v) is 16.7. The fraction of sp³-hybridized carbons (Fsp3) is 0.409. The Hall–Kier alpha value is -3.75. The van der Waals surface area contributed by atoms with Gasteiger partial charge in [0.2, 0.25) is 5.91 Å². The van der Waals surface area contributed by atoms with Gasteiger partial charge in [-0.25, -0.2) is 4.79 Å². The van der Waals surface area contributed by atoms with E-state index in [-0.39, 0.29) is 17.3 Å². The molecule has 1 aliphatic carbocycles. The van der Waals surface area contributed by atoms with Crippen molar-refractivity contribution in [1.29, 1.82) is 0 Å². The van der Waals surface area contributed by atoms with E-state index in [1.54, 1.807) is 24.3 Å². The van der Waals surface area contributed by atoms with Crippen molar-refractivity contribution in [2.75, 3.05) is 18.1 Å². The van der Waals surface area contributed by atoms with Crippen LogP contribution in [0.5, 0.6) is 0 Å². The van der Waals surface area contributed by atoms with E-state index in [0.29, 0.717) is 42.0 Å². The highest BCUT2D eigenvalue weighted by atomic mass is 31.1. The van der Waals surface area contributed by atoms with Gasteiger partial charge in [0.15, 0.2) is 0 Å². The lowest BCUT2D eigenvalue weighted by Gasteiger charge is -2.25. The molecule has 4 atom stereocenters. The van der Waals surface area contributed by atoms with Gasteiger partial charge >= 0.3 is 5.97 Å². The molecule has 0 saturated heterocycles. The minimum atomic E-state index is -0.549. The summed E-state index contributed by atoms with van der Waals surface area (Å²) >= 11 is 0. The first kappa shape index (κ1) is 36.5. The number of benzene rings is 4. The van der Waals surface area contributed by atoms with Gasteiger partial charge in [-0.2, -0.15) is 0 Å². The molecular formula is C44H54NO3P. The lowest BCUT2D eigenvalue weighted by molar-refractivity contribution is -0.116. The first-order valence-corrected chi connectivity index (χ1v) is 19.8. The van der Waals surface area contributed by atoms with Gasteiger partial charge in [0.05, 0.1) is 12.2 Å². The van der Waals surface area contributed by atoms with Gasteiger partial charge in [-0.3, -0.25) is 4.79 Å². The molecule has 4 aromatic rings. The summed E-state index contributed by atoms with van der Waals surface area (Å²) in [5.41, 5.74) is 2.68. The van der Waals surface area contributed by atoms with E-state index in [1.165, 1.54) is 29.0 Å².